The normalized spacial score (nSPS) is 26.1. The monoisotopic (exact) mass is 373 g/mol. The van der Waals surface area contributed by atoms with Crippen LogP contribution < -0.4 is 10.9 Å². The smallest absolute Gasteiger partial charge is 0.314 e. The number of hydrogen-bond acceptors (Lipinski definition) is 6. The molecule has 146 valence electrons. The summed E-state index contributed by atoms with van der Waals surface area (Å²) < 4.78 is 6.90. The lowest BCUT2D eigenvalue weighted by atomic mass is 9.70. The zero-order chi connectivity index (χ0) is 19.0. The van der Waals surface area contributed by atoms with Crippen LogP contribution in [0.3, 0.4) is 0 Å². The van der Waals surface area contributed by atoms with Crippen molar-refractivity contribution in [3.63, 3.8) is 0 Å². The molecule has 0 spiro atoms. The van der Waals surface area contributed by atoms with Crippen LogP contribution in [0.2, 0.25) is 0 Å². The summed E-state index contributed by atoms with van der Waals surface area (Å²) in [7, 11) is 0. The molecule has 0 bridgehead atoms. The molecule has 0 aromatic carbocycles. The number of likely N-dealkylation sites (tertiary alicyclic amines) is 1. The molecule has 2 aliphatic heterocycles. The molecule has 1 unspecified atom stereocenters. The largest absolute Gasteiger partial charge is 0.465 e. The molecule has 4 rings (SSSR count). The molecule has 2 aromatic rings. The van der Waals surface area contributed by atoms with Gasteiger partial charge in [0.2, 0.25) is 0 Å². The molecule has 2 saturated heterocycles. The molecule has 8 nitrogen and oxygen atoms in total. The van der Waals surface area contributed by atoms with E-state index >= 15 is 0 Å². The molecule has 2 atom stereocenters. The Bertz CT molecular complexity index is 904. The predicted octanol–water partition coefficient (Wildman–Crippen LogP) is 0.838. The third-order valence-corrected chi connectivity index (χ3v) is 5.80. The van der Waals surface area contributed by atoms with Crippen molar-refractivity contribution in [3.8, 4) is 0 Å². The van der Waals surface area contributed by atoms with Crippen molar-refractivity contribution in [2.45, 2.75) is 45.7 Å². The number of ether oxygens (including phenoxy) is 1. The summed E-state index contributed by atoms with van der Waals surface area (Å²) in [4.78, 5) is 32.0. The number of nitrogens with zero attached hydrogens (tertiary/aromatic N) is 3. The number of nitrogens with one attached hydrogen (secondary N) is 2. The highest BCUT2D eigenvalue weighted by Crippen LogP contribution is 2.39. The van der Waals surface area contributed by atoms with Gasteiger partial charge in [-0.25, -0.2) is 9.50 Å². The van der Waals surface area contributed by atoms with Gasteiger partial charge in [-0.15, -0.1) is 0 Å². The molecule has 0 saturated carbocycles. The molecule has 2 aliphatic rings. The maximum atomic E-state index is 12.8. The number of aryl methyl sites for hydroxylation is 1. The van der Waals surface area contributed by atoms with Gasteiger partial charge in [-0.05, 0) is 39.7 Å². The average Bonchev–Trinajstić information content (AvgIpc) is 3.02. The van der Waals surface area contributed by atoms with Gasteiger partial charge >= 0.3 is 5.97 Å². The molecule has 2 fully saturated rings. The Kier molecular flexibility index (Phi) is 4.77. The fourth-order valence-electron chi connectivity index (χ4n) is 4.60. The van der Waals surface area contributed by atoms with Gasteiger partial charge in [0.1, 0.15) is 0 Å². The first-order valence-electron chi connectivity index (χ1n) is 9.73. The Morgan fingerprint density at radius 2 is 2.30 bits per heavy atom. The number of carbonyl (C=O) groups excluding carboxylic acids is 1. The van der Waals surface area contributed by atoms with E-state index in [0.29, 0.717) is 25.3 Å². The minimum Gasteiger partial charge on any atom is -0.465 e. The quantitative estimate of drug-likeness (QED) is 0.772. The number of esters is 1. The summed E-state index contributed by atoms with van der Waals surface area (Å²) in [6.45, 7) is 7.17. The van der Waals surface area contributed by atoms with E-state index in [0.717, 1.165) is 43.7 Å². The molecule has 2 aromatic heterocycles. The molecule has 0 amide bonds. The van der Waals surface area contributed by atoms with Crippen molar-refractivity contribution in [1.82, 2.24) is 24.8 Å². The van der Waals surface area contributed by atoms with Gasteiger partial charge in [-0.3, -0.25) is 19.6 Å². The summed E-state index contributed by atoms with van der Waals surface area (Å²) in [5.74, 6) is -0.100. The summed E-state index contributed by atoms with van der Waals surface area (Å²) in [5.41, 5.74) is 1.64. The highest BCUT2D eigenvalue weighted by molar-refractivity contribution is 5.78. The summed E-state index contributed by atoms with van der Waals surface area (Å²) in [6.07, 6.45) is 2.70. The van der Waals surface area contributed by atoms with Crippen molar-refractivity contribution < 1.29 is 9.53 Å². The number of rotatable bonds is 4. The lowest BCUT2D eigenvalue weighted by Gasteiger charge is -2.49. The highest BCUT2D eigenvalue weighted by atomic mass is 16.5. The number of H-pyrrole nitrogens is 1. The van der Waals surface area contributed by atoms with E-state index < -0.39 is 5.41 Å². The molecule has 8 heteroatoms. The van der Waals surface area contributed by atoms with Gasteiger partial charge in [0.15, 0.2) is 5.65 Å². The van der Waals surface area contributed by atoms with Crippen molar-refractivity contribution >= 4 is 11.6 Å². The fourth-order valence-corrected chi connectivity index (χ4v) is 4.60. The van der Waals surface area contributed by atoms with Crippen LogP contribution in [-0.4, -0.2) is 57.8 Å². The zero-order valence-electron chi connectivity index (χ0n) is 16.0. The summed E-state index contributed by atoms with van der Waals surface area (Å²) >= 11 is 0. The zero-order valence-corrected chi connectivity index (χ0v) is 16.0. The van der Waals surface area contributed by atoms with E-state index in [2.05, 4.69) is 20.3 Å². The van der Waals surface area contributed by atoms with Crippen molar-refractivity contribution in [1.29, 1.82) is 0 Å². The first-order chi connectivity index (χ1) is 13.0. The second-order valence-corrected chi connectivity index (χ2v) is 7.70. The predicted molar refractivity (Wildman–Crippen MR) is 101 cm³/mol. The van der Waals surface area contributed by atoms with Crippen molar-refractivity contribution in [2.75, 3.05) is 26.2 Å². The number of hydrogen-bond donors (Lipinski definition) is 2. The Morgan fingerprint density at radius 3 is 3.11 bits per heavy atom. The number of carbonyl (C=O) groups is 1. The molecule has 0 radical (unpaired) electrons. The topological polar surface area (TPSA) is 91.7 Å². The fraction of sp³-hybridized carbons (Fsp3) is 0.632. The minimum atomic E-state index is -0.504. The second kappa shape index (κ2) is 7.09. The standard InChI is InChI=1S/C19H27N5O3/c1-3-27-18(26)19-6-4-7-20-15(19)5-8-23(12-19)11-14-10-17(25)24-16(21-14)9-13(2)22-24/h9-10,15,20,22H,3-8,11-12H2,1-2H3/t15?,19-/m0/s1. The minimum absolute atomic E-state index is 0.100. The number of piperidine rings is 2. The van der Waals surface area contributed by atoms with E-state index in [1.165, 1.54) is 4.52 Å². The van der Waals surface area contributed by atoms with E-state index in [-0.39, 0.29) is 17.6 Å². The average molecular weight is 373 g/mol. The maximum Gasteiger partial charge on any atom is 0.314 e. The van der Waals surface area contributed by atoms with Gasteiger partial charge in [0.25, 0.3) is 5.56 Å². The Hall–Kier alpha value is -2.19. The van der Waals surface area contributed by atoms with E-state index in [4.69, 9.17) is 4.74 Å². The molecule has 27 heavy (non-hydrogen) atoms. The molecular weight excluding hydrogens is 346 g/mol. The Labute approximate surface area is 157 Å². The molecular formula is C19H27N5O3. The van der Waals surface area contributed by atoms with Gasteiger partial charge in [-0.1, -0.05) is 0 Å². The van der Waals surface area contributed by atoms with Crippen LogP contribution in [0.25, 0.3) is 5.65 Å². The SMILES string of the molecule is CCOC(=O)[C@]12CCCNC1CCN(Cc1cc(=O)n3[nH]c(C)cc3n1)C2. The van der Waals surface area contributed by atoms with Gasteiger partial charge in [0, 0.05) is 43.5 Å². The second-order valence-electron chi connectivity index (χ2n) is 7.70. The number of aromatic amines is 1. The lowest BCUT2D eigenvalue weighted by molar-refractivity contribution is -0.164. The van der Waals surface area contributed by atoms with Gasteiger partial charge in [0.05, 0.1) is 17.7 Å². The van der Waals surface area contributed by atoms with Gasteiger partial charge < -0.3 is 10.1 Å². The van der Waals surface area contributed by atoms with E-state index in [9.17, 15) is 9.59 Å². The molecule has 0 aliphatic carbocycles. The van der Waals surface area contributed by atoms with Crippen LogP contribution in [-0.2, 0) is 16.1 Å². The van der Waals surface area contributed by atoms with Crippen LogP contribution in [0.5, 0.6) is 0 Å². The maximum absolute atomic E-state index is 12.8. The van der Waals surface area contributed by atoms with Crippen LogP contribution in [0, 0.1) is 12.3 Å². The van der Waals surface area contributed by atoms with E-state index in [1.807, 2.05) is 19.9 Å². The first kappa shape index (κ1) is 18.2. The lowest BCUT2D eigenvalue weighted by Crippen LogP contribution is -2.63. The van der Waals surface area contributed by atoms with Crippen LogP contribution in [0.1, 0.15) is 37.6 Å². The Morgan fingerprint density at radius 1 is 1.44 bits per heavy atom. The number of fused-ring (bicyclic) bond motifs is 2. The van der Waals surface area contributed by atoms with Gasteiger partial charge in [-0.2, -0.15) is 0 Å². The van der Waals surface area contributed by atoms with Crippen LogP contribution in [0.4, 0.5) is 0 Å². The summed E-state index contributed by atoms with van der Waals surface area (Å²) in [6, 6.07) is 3.60. The van der Waals surface area contributed by atoms with Crippen LogP contribution >= 0.6 is 0 Å². The van der Waals surface area contributed by atoms with Crippen molar-refractivity contribution in [2.24, 2.45) is 5.41 Å². The Balaban J connectivity index is 1.58. The number of aromatic nitrogens is 3. The molecule has 2 N–H and O–H groups in total. The van der Waals surface area contributed by atoms with Crippen LogP contribution in [0.15, 0.2) is 16.9 Å². The summed E-state index contributed by atoms with van der Waals surface area (Å²) in [5, 5.41) is 6.51. The first-order valence-corrected chi connectivity index (χ1v) is 9.73. The molecule has 4 heterocycles. The third-order valence-electron chi connectivity index (χ3n) is 5.80. The van der Waals surface area contributed by atoms with E-state index in [1.54, 1.807) is 6.07 Å². The highest BCUT2D eigenvalue weighted by Gasteiger charge is 2.51. The third kappa shape index (κ3) is 3.27. The van der Waals surface area contributed by atoms with Crippen molar-refractivity contribution in [3.05, 3.63) is 33.9 Å².